The normalized spacial score (nSPS) is 20.0. The first-order valence-corrected chi connectivity index (χ1v) is 9.15. The summed E-state index contributed by atoms with van der Waals surface area (Å²) in [6.07, 6.45) is 11.9. The first-order valence-electron chi connectivity index (χ1n) is 9.15. The second kappa shape index (κ2) is 9.09. The zero-order valence-corrected chi connectivity index (χ0v) is 15.3. The first kappa shape index (κ1) is 18.8. The molecule has 6 heteroatoms. The van der Waals surface area contributed by atoms with E-state index in [0.717, 1.165) is 48.5 Å². The maximum atomic E-state index is 9.75. The molecule has 3 N–H and O–H groups in total. The first-order chi connectivity index (χ1) is 13.2. The standard InChI is InChI=1S/C21H25N5O/c1-3-7-15(4-2)25-21-23-14-18(19-8-5-6-13-22-19)20(26-21)24-16-9-11-17(27)12-10-16/h3-8,13-14,16-17,27H,1-2,9-12H2,(H2,23,24,25,26)/b15-7+. The van der Waals surface area contributed by atoms with Crippen LogP contribution in [0, 0.1) is 0 Å². The van der Waals surface area contributed by atoms with Crippen molar-refractivity contribution in [1.82, 2.24) is 15.0 Å². The van der Waals surface area contributed by atoms with Gasteiger partial charge in [-0.2, -0.15) is 4.98 Å². The summed E-state index contributed by atoms with van der Waals surface area (Å²) in [5.74, 6) is 1.20. The van der Waals surface area contributed by atoms with Crippen LogP contribution in [-0.4, -0.2) is 32.2 Å². The van der Waals surface area contributed by atoms with E-state index in [1.165, 1.54) is 0 Å². The van der Waals surface area contributed by atoms with Gasteiger partial charge >= 0.3 is 0 Å². The number of nitrogens with one attached hydrogen (secondary N) is 2. The van der Waals surface area contributed by atoms with Crippen LogP contribution >= 0.6 is 0 Å². The topological polar surface area (TPSA) is 83.0 Å². The monoisotopic (exact) mass is 363 g/mol. The summed E-state index contributed by atoms with van der Waals surface area (Å²) >= 11 is 0. The molecule has 1 aliphatic rings. The van der Waals surface area contributed by atoms with Crippen LogP contribution in [0.2, 0.25) is 0 Å². The summed E-state index contributed by atoms with van der Waals surface area (Å²) in [6.45, 7) is 7.48. The second-order valence-corrected chi connectivity index (χ2v) is 6.51. The Labute approximate surface area is 159 Å². The number of aromatic nitrogens is 3. The average Bonchev–Trinajstić information content (AvgIpc) is 2.70. The fourth-order valence-electron chi connectivity index (χ4n) is 3.09. The molecule has 0 saturated heterocycles. The summed E-state index contributed by atoms with van der Waals surface area (Å²) in [4.78, 5) is 13.5. The molecule has 140 valence electrons. The molecule has 0 unspecified atom stereocenters. The number of aliphatic hydroxyl groups excluding tert-OH is 1. The van der Waals surface area contributed by atoms with Gasteiger partial charge in [-0.3, -0.25) is 4.98 Å². The van der Waals surface area contributed by atoms with Crippen molar-refractivity contribution in [1.29, 1.82) is 0 Å². The lowest BCUT2D eigenvalue weighted by molar-refractivity contribution is 0.126. The highest BCUT2D eigenvalue weighted by Gasteiger charge is 2.21. The summed E-state index contributed by atoms with van der Waals surface area (Å²) in [7, 11) is 0. The number of allylic oxidation sites excluding steroid dienone is 3. The zero-order chi connectivity index (χ0) is 19.1. The number of pyridine rings is 1. The Bertz CT molecular complexity index is 811. The lowest BCUT2D eigenvalue weighted by Gasteiger charge is -2.27. The van der Waals surface area contributed by atoms with Crippen molar-refractivity contribution in [2.45, 2.75) is 37.8 Å². The minimum atomic E-state index is -0.194. The highest BCUT2D eigenvalue weighted by Crippen LogP contribution is 2.28. The van der Waals surface area contributed by atoms with Gasteiger partial charge in [0.2, 0.25) is 5.95 Å². The third kappa shape index (κ3) is 5.01. The van der Waals surface area contributed by atoms with Gasteiger partial charge in [-0.25, -0.2) is 4.98 Å². The third-order valence-corrected chi connectivity index (χ3v) is 4.54. The second-order valence-electron chi connectivity index (χ2n) is 6.51. The molecular formula is C21H25N5O. The summed E-state index contributed by atoms with van der Waals surface area (Å²) in [5.41, 5.74) is 2.43. The summed E-state index contributed by atoms with van der Waals surface area (Å²) in [6, 6.07) is 6.03. The van der Waals surface area contributed by atoms with Gasteiger partial charge in [-0.15, -0.1) is 0 Å². The molecule has 1 aliphatic carbocycles. The van der Waals surface area contributed by atoms with Crippen molar-refractivity contribution in [3.63, 3.8) is 0 Å². The largest absolute Gasteiger partial charge is 0.393 e. The van der Waals surface area contributed by atoms with Gasteiger partial charge in [0.05, 0.1) is 17.4 Å². The van der Waals surface area contributed by atoms with Crippen LogP contribution in [0.1, 0.15) is 25.7 Å². The Hall–Kier alpha value is -2.99. The fourth-order valence-corrected chi connectivity index (χ4v) is 3.09. The average molecular weight is 363 g/mol. The molecule has 2 aromatic heterocycles. The molecule has 1 fully saturated rings. The molecule has 2 heterocycles. The SMILES string of the molecule is C=C/C=C(\C=C)Nc1ncc(-c2ccccn2)c(NC2CCC(O)CC2)n1. The summed E-state index contributed by atoms with van der Waals surface area (Å²) in [5, 5.41) is 16.4. The molecule has 1 saturated carbocycles. The van der Waals surface area contributed by atoms with Gasteiger partial charge in [-0.05, 0) is 50.0 Å². The third-order valence-electron chi connectivity index (χ3n) is 4.54. The number of hydrogen-bond donors (Lipinski definition) is 3. The Morgan fingerprint density at radius 3 is 2.63 bits per heavy atom. The van der Waals surface area contributed by atoms with Gasteiger partial charge in [0.15, 0.2) is 0 Å². The predicted molar refractivity (Wildman–Crippen MR) is 109 cm³/mol. The van der Waals surface area contributed by atoms with Crippen molar-refractivity contribution in [2.75, 3.05) is 10.6 Å². The van der Waals surface area contributed by atoms with Gasteiger partial charge in [0.1, 0.15) is 5.82 Å². The molecule has 2 aromatic rings. The van der Waals surface area contributed by atoms with E-state index in [1.54, 1.807) is 30.6 Å². The van der Waals surface area contributed by atoms with Crippen molar-refractivity contribution in [3.8, 4) is 11.3 Å². The van der Waals surface area contributed by atoms with Gasteiger partial charge in [-0.1, -0.05) is 25.3 Å². The number of anilines is 2. The number of hydrogen-bond acceptors (Lipinski definition) is 6. The molecule has 0 radical (unpaired) electrons. The minimum absolute atomic E-state index is 0.194. The van der Waals surface area contributed by atoms with Crippen LogP contribution in [0.5, 0.6) is 0 Å². The van der Waals surface area contributed by atoms with Crippen LogP contribution < -0.4 is 10.6 Å². The maximum Gasteiger partial charge on any atom is 0.229 e. The van der Waals surface area contributed by atoms with E-state index < -0.39 is 0 Å². The molecule has 0 atom stereocenters. The van der Waals surface area contributed by atoms with E-state index in [4.69, 9.17) is 0 Å². The van der Waals surface area contributed by atoms with E-state index >= 15 is 0 Å². The van der Waals surface area contributed by atoms with Gasteiger partial charge < -0.3 is 15.7 Å². The fraction of sp³-hybridized carbons (Fsp3) is 0.286. The van der Waals surface area contributed by atoms with E-state index in [0.29, 0.717) is 5.95 Å². The number of nitrogens with zero attached hydrogens (tertiary/aromatic N) is 3. The van der Waals surface area contributed by atoms with Crippen LogP contribution in [0.25, 0.3) is 11.3 Å². The van der Waals surface area contributed by atoms with Crippen LogP contribution in [0.15, 0.2) is 67.7 Å². The minimum Gasteiger partial charge on any atom is -0.393 e. The van der Waals surface area contributed by atoms with Crippen LogP contribution in [0.4, 0.5) is 11.8 Å². The molecule has 3 rings (SSSR count). The molecule has 0 spiro atoms. The Morgan fingerprint density at radius 1 is 1.15 bits per heavy atom. The number of rotatable bonds is 7. The van der Waals surface area contributed by atoms with E-state index in [2.05, 4.69) is 38.7 Å². The number of aliphatic hydroxyl groups is 1. The van der Waals surface area contributed by atoms with E-state index in [9.17, 15) is 5.11 Å². The lowest BCUT2D eigenvalue weighted by Crippen LogP contribution is -2.29. The maximum absolute atomic E-state index is 9.75. The van der Waals surface area contributed by atoms with E-state index in [-0.39, 0.29) is 12.1 Å². The van der Waals surface area contributed by atoms with Crippen molar-refractivity contribution < 1.29 is 5.11 Å². The molecule has 0 bridgehead atoms. The Morgan fingerprint density at radius 2 is 1.96 bits per heavy atom. The molecule has 0 amide bonds. The van der Waals surface area contributed by atoms with Crippen molar-refractivity contribution in [3.05, 3.63) is 67.7 Å². The highest BCUT2D eigenvalue weighted by molar-refractivity contribution is 5.73. The van der Waals surface area contributed by atoms with Crippen LogP contribution in [-0.2, 0) is 0 Å². The summed E-state index contributed by atoms with van der Waals surface area (Å²) < 4.78 is 0. The quantitative estimate of drug-likeness (QED) is 0.647. The van der Waals surface area contributed by atoms with Crippen molar-refractivity contribution in [2.24, 2.45) is 0 Å². The predicted octanol–water partition coefficient (Wildman–Crippen LogP) is 3.92. The van der Waals surface area contributed by atoms with Crippen LogP contribution in [0.3, 0.4) is 0 Å². The van der Waals surface area contributed by atoms with Crippen molar-refractivity contribution >= 4 is 11.8 Å². The Kier molecular flexibility index (Phi) is 6.33. The van der Waals surface area contributed by atoms with Gasteiger partial charge in [0, 0.05) is 24.1 Å². The van der Waals surface area contributed by atoms with E-state index in [1.807, 2.05) is 18.2 Å². The molecule has 6 nitrogen and oxygen atoms in total. The smallest absolute Gasteiger partial charge is 0.229 e. The zero-order valence-electron chi connectivity index (χ0n) is 15.3. The van der Waals surface area contributed by atoms with Gasteiger partial charge in [0.25, 0.3) is 0 Å². The highest BCUT2D eigenvalue weighted by atomic mass is 16.3. The molecule has 0 aliphatic heterocycles. The molecule has 0 aromatic carbocycles. The molecule has 27 heavy (non-hydrogen) atoms. The lowest BCUT2D eigenvalue weighted by atomic mass is 9.93. The Balaban J connectivity index is 1.90. The molecular weight excluding hydrogens is 338 g/mol.